The van der Waals surface area contributed by atoms with Crippen molar-refractivity contribution in [2.24, 2.45) is 0 Å². The van der Waals surface area contributed by atoms with E-state index in [1.165, 1.54) is 0 Å². The fourth-order valence-electron chi connectivity index (χ4n) is 4.56. The molecule has 148 valence electrons. The van der Waals surface area contributed by atoms with E-state index in [2.05, 4.69) is 11.0 Å². The van der Waals surface area contributed by atoms with Crippen molar-refractivity contribution in [1.29, 1.82) is 0 Å². The van der Waals surface area contributed by atoms with Gasteiger partial charge in [0.15, 0.2) is 0 Å². The number of benzene rings is 1. The monoisotopic (exact) mass is 374 g/mol. The lowest BCUT2D eigenvalue weighted by molar-refractivity contribution is -0.101. The molecule has 0 spiro atoms. The number of methoxy groups -OCH3 is 1. The Morgan fingerprint density at radius 1 is 1.15 bits per heavy atom. The number of amides is 1. The number of hydrogen-bond acceptors (Lipinski definition) is 5. The summed E-state index contributed by atoms with van der Waals surface area (Å²) in [5, 5.41) is 0. The second-order valence-corrected chi connectivity index (χ2v) is 7.69. The normalized spacial score (nSPS) is 29.4. The highest BCUT2D eigenvalue weighted by atomic mass is 16.5. The van der Waals surface area contributed by atoms with Gasteiger partial charge >= 0.3 is 0 Å². The van der Waals surface area contributed by atoms with Gasteiger partial charge in [-0.2, -0.15) is 0 Å². The van der Waals surface area contributed by atoms with Gasteiger partial charge in [0.1, 0.15) is 0 Å². The van der Waals surface area contributed by atoms with Crippen molar-refractivity contribution in [2.45, 2.75) is 44.1 Å². The Morgan fingerprint density at radius 3 is 2.78 bits per heavy atom. The lowest BCUT2D eigenvalue weighted by Crippen LogP contribution is -2.57. The van der Waals surface area contributed by atoms with Gasteiger partial charge in [-0.3, -0.25) is 9.69 Å². The number of carbonyl (C=O) groups is 1. The first-order valence-electron chi connectivity index (χ1n) is 10.1. The van der Waals surface area contributed by atoms with Crippen LogP contribution in [-0.4, -0.2) is 80.5 Å². The summed E-state index contributed by atoms with van der Waals surface area (Å²) in [6, 6.07) is 8.16. The van der Waals surface area contributed by atoms with Gasteiger partial charge in [0.2, 0.25) is 0 Å². The molecular formula is C21H30N2O4. The van der Waals surface area contributed by atoms with E-state index < -0.39 is 0 Å². The average molecular weight is 374 g/mol. The standard InChI is InChI=1S/C21H30N2O4/c1-25-17-6-7-20-19(14-17)23(10-13-27-20)21(24)18-5-3-2-4-16(18)15-22-8-11-26-12-9-22/h2-5,17,19-20H,6-15H2,1H3. The molecule has 0 radical (unpaired) electrons. The van der Waals surface area contributed by atoms with E-state index in [-0.39, 0.29) is 24.2 Å². The van der Waals surface area contributed by atoms with E-state index in [0.29, 0.717) is 13.2 Å². The molecule has 6 nitrogen and oxygen atoms in total. The van der Waals surface area contributed by atoms with Gasteiger partial charge in [0, 0.05) is 38.9 Å². The third kappa shape index (κ3) is 4.19. The van der Waals surface area contributed by atoms with Crippen molar-refractivity contribution < 1.29 is 19.0 Å². The van der Waals surface area contributed by atoms with Gasteiger partial charge < -0.3 is 19.1 Å². The Morgan fingerprint density at radius 2 is 1.96 bits per heavy atom. The second kappa shape index (κ2) is 8.69. The van der Waals surface area contributed by atoms with Crippen molar-refractivity contribution in [3.05, 3.63) is 35.4 Å². The predicted molar refractivity (Wildman–Crippen MR) is 102 cm³/mol. The topological polar surface area (TPSA) is 51.2 Å². The average Bonchev–Trinajstić information content (AvgIpc) is 2.73. The van der Waals surface area contributed by atoms with E-state index in [9.17, 15) is 4.79 Å². The van der Waals surface area contributed by atoms with E-state index in [0.717, 1.165) is 63.2 Å². The van der Waals surface area contributed by atoms with Crippen LogP contribution < -0.4 is 0 Å². The molecule has 1 saturated carbocycles. The van der Waals surface area contributed by atoms with E-state index >= 15 is 0 Å². The molecule has 27 heavy (non-hydrogen) atoms. The van der Waals surface area contributed by atoms with Crippen LogP contribution in [0.1, 0.15) is 35.2 Å². The third-order valence-electron chi connectivity index (χ3n) is 6.11. The molecule has 2 aliphatic heterocycles. The fourth-order valence-corrected chi connectivity index (χ4v) is 4.56. The zero-order valence-electron chi connectivity index (χ0n) is 16.1. The fraction of sp³-hybridized carbons (Fsp3) is 0.667. The van der Waals surface area contributed by atoms with Crippen LogP contribution in [0.5, 0.6) is 0 Å². The van der Waals surface area contributed by atoms with E-state index in [1.807, 2.05) is 23.1 Å². The number of fused-ring (bicyclic) bond motifs is 1. The number of carbonyl (C=O) groups excluding carboxylic acids is 1. The number of morpholine rings is 2. The SMILES string of the molecule is COC1CCC2OCCN(C(=O)c3ccccc3CN3CCOCC3)C2C1. The van der Waals surface area contributed by atoms with Crippen LogP contribution in [0.25, 0.3) is 0 Å². The van der Waals surface area contributed by atoms with Crippen LogP contribution in [0, 0.1) is 0 Å². The zero-order chi connectivity index (χ0) is 18.6. The molecule has 0 N–H and O–H groups in total. The minimum absolute atomic E-state index is 0.112. The van der Waals surface area contributed by atoms with E-state index in [4.69, 9.17) is 14.2 Å². The van der Waals surface area contributed by atoms with Crippen molar-refractivity contribution in [2.75, 3.05) is 46.6 Å². The van der Waals surface area contributed by atoms with Crippen molar-refractivity contribution in [1.82, 2.24) is 9.80 Å². The minimum atomic E-state index is 0.112. The van der Waals surface area contributed by atoms with Crippen LogP contribution >= 0.6 is 0 Å². The summed E-state index contributed by atoms with van der Waals surface area (Å²) in [4.78, 5) is 17.9. The van der Waals surface area contributed by atoms with E-state index in [1.54, 1.807) is 7.11 Å². The molecule has 0 aromatic heterocycles. The van der Waals surface area contributed by atoms with Crippen LogP contribution in [0.4, 0.5) is 0 Å². The summed E-state index contributed by atoms with van der Waals surface area (Å²) in [5.41, 5.74) is 1.93. The molecule has 3 aliphatic rings. The zero-order valence-corrected chi connectivity index (χ0v) is 16.1. The van der Waals surface area contributed by atoms with Gasteiger partial charge in [-0.15, -0.1) is 0 Å². The molecule has 1 aliphatic carbocycles. The van der Waals surface area contributed by atoms with Gasteiger partial charge in [-0.25, -0.2) is 0 Å². The molecule has 1 aromatic carbocycles. The minimum Gasteiger partial charge on any atom is -0.381 e. The molecule has 3 unspecified atom stereocenters. The third-order valence-corrected chi connectivity index (χ3v) is 6.11. The Bertz CT molecular complexity index is 647. The van der Waals surface area contributed by atoms with Gasteiger partial charge in [-0.1, -0.05) is 18.2 Å². The van der Waals surface area contributed by atoms with Crippen molar-refractivity contribution >= 4 is 5.91 Å². The number of hydrogen-bond donors (Lipinski definition) is 0. The molecular weight excluding hydrogens is 344 g/mol. The lowest BCUT2D eigenvalue weighted by atomic mass is 9.87. The quantitative estimate of drug-likeness (QED) is 0.806. The highest BCUT2D eigenvalue weighted by molar-refractivity contribution is 5.96. The number of rotatable bonds is 4. The Kier molecular flexibility index (Phi) is 6.08. The molecule has 0 bridgehead atoms. The predicted octanol–water partition coefficient (Wildman–Crippen LogP) is 1.93. The summed E-state index contributed by atoms with van der Waals surface area (Å²) in [6.45, 7) is 5.44. The Balaban J connectivity index is 1.53. The highest BCUT2D eigenvalue weighted by Gasteiger charge is 2.40. The van der Waals surface area contributed by atoms with Crippen LogP contribution in [0.3, 0.4) is 0 Å². The first kappa shape index (κ1) is 18.9. The van der Waals surface area contributed by atoms with Crippen LogP contribution in [0.15, 0.2) is 24.3 Å². The lowest BCUT2D eigenvalue weighted by Gasteiger charge is -2.45. The maximum Gasteiger partial charge on any atom is 0.254 e. The van der Waals surface area contributed by atoms with Crippen LogP contribution in [-0.2, 0) is 20.8 Å². The smallest absolute Gasteiger partial charge is 0.254 e. The van der Waals surface area contributed by atoms with Crippen LogP contribution in [0.2, 0.25) is 0 Å². The largest absolute Gasteiger partial charge is 0.381 e. The molecule has 1 aromatic rings. The Labute approximate surface area is 161 Å². The van der Waals surface area contributed by atoms with Gasteiger partial charge in [-0.05, 0) is 30.9 Å². The summed E-state index contributed by atoms with van der Waals surface area (Å²) in [6.07, 6.45) is 3.18. The van der Waals surface area contributed by atoms with Crippen molar-refractivity contribution in [3.63, 3.8) is 0 Å². The first-order chi connectivity index (χ1) is 13.3. The maximum absolute atomic E-state index is 13.5. The summed E-state index contributed by atoms with van der Waals surface area (Å²) >= 11 is 0. The second-order valence-electron chi connectivity index (χ2n) is 7.69. The van der Waals surface area contributed by atoms with Gasteiger partial charge in [0.05, 0.1) is 38.1 Å². The summed E-state index contributed by atoms with van der Waals surface area (Å²) in [7, 11) is 1.76. The summed E-state index contributed by atoms with van der Waals surface area (Å²) < 4.78 is 17.0. The number of ether oxygens (including phenoxy) is 3. The Hall–Kier alpha value is -1.47. The molecule has 2 heterocycles. The molecule has 3 atom stereocenters. The summed E-state index contributed by atoms with van der Waals surface area (Å²) in [5.74, 6) is 0.133. The van der Waals surface area contributed by atoms with Gasteiger partial charge in [0.25, 0.3) is 5.91 Å². The first-order valence-corrected chi connectivity index (χ1v) is 10.1. The maximum atomic E-state index is 13.5. The molecule has 2 saturated heterocycles. The van der Waals surface area contributed by atoms with Crippen molar-refractivity contribution in [3.8, 4) is 0 Å². The molecule has 3 fully saturated rings. The molecule has 1 amide bonds. The highest BCUT2D eigenvalue weighted by Crippen LogP contribution is 2.31. The number of nitrogens with zero attached hydrogens (tertiary/aromatic N) is 2. The molecule has 6 heteroatoms. The molecule has 4 rings (SSSR count).